The standard InChI is InChI=1S/C17H24F2N2/c1-2-16-10-20-17(13-3-4-13)11-21(16)6-5-12-7-14(18)9-15(19)8-12/h7-9,13,16-17,20H,2-6,10-11H2,1H3. The maximum Gasteiger partial charge on any atom is 0.126 e. The summed E-state index contributed by atoms with van der Waals surface area (Å²) in [7, 11) is 0. The van der Waals surface area contributed by atoms with Crippen molar-refractivity contribution >= 4 is 0 Å². The Morgan fingerprint density at radius 1 is 1.19 bits per heavy atom. The topological polar surface area (TPSA) is 15.3 Å². The van der Waals surface area contributed by atoms with Crippen LogP contribution in [0.15, 0.2) is 18.2 Å². The summed E-state index contributed by atoms with van der Waals surface area (Å²) in [6, 6.07) is 4.98. The molecule has 2 nitrogen and oxygen atoms in total. The third kappa shape index (κ3) is 3.80. The number of hydrogen-bond acceptors (Lipinski definition) is 2. The summed E-state index contributed by atoms with van der Waals surface area (Å²) in [6.07, 6.45) is 4.51. The lowest BCUT2D eigenvalue weighted by Crippen LogP contribution is -2.57. The first-order valence-corrected chi connectivity index (χ1v) is 8.08. The van der Waals surface area contributed by atoms with Gasteiger partial charge in [0, 0.05) is 37.8 Å². The Kier molecular flexibility index (Phi) is 4.55. The zero-order valence-corrected chi connectivity index (χ0v) is 12.6. The number of nitrogens with one attached hydrogen (secondary N) is 1. The molecule has 21 heavy (non-hydrogen) atoms. The van der Waals surface area contributed by atoms with Crippen LogP contribution in [0, 0.1) is 17.6 Å². The Morgan fingerprint density at radius 3 is 2.52 bits per heavy atom. The van der Waals surface area contributed by atoms with Crippen molar-refractivity contribution in [3.8, 4) is 0 Å². The molecular weight excluding hydrogens is 270 g/mol. The molecule has 1 saturated heterocycles. The molecule has 4 heteroatoms. The maximum absolute atomic E-state index is 13.2. The van der Waals surface area contributed by atoms with E-state index < -0.39 is 11.6 Å². The van der Waals surface area contributed by atoms with E-state index in [1.807, 2.05) is 0 Å². The molecule has 0 amide bonds. The van der Waals surface area contributed by atoms with E-state index in [1.54, 1.807) is 0 Å². The molecule has 0 bridgehead atoms. The predicted molar refractivity (Wildman–Crippen MR) is 80.2 cm³/mol. The number of piperazine rings is 1. The van der Waals surface area contributed by atoms with Crippen LogP contribution in [0.25, 0.3) is 0 Å². The van der Waals surface area contributed by atoms with E-state index in [2.05, 4.69) is 17.1 Å². The van der Waals surface area contributed by atoms with Gasteiger partial charge in [-0.15, -0.1) is 0 Å². The summed E-state index contributed by atoms with van der Waals surface area (Å²) in [5.41, 5.74) is 0.754. The first kappa shape index (κ1) is 14.9. The highest BCUT2D eigenvalue weighted by molar-refractivity contribution is 5.18. The second kappa shape index (κ2) is 6.41. The van der Waals surface area contributed by atoms with E-state index in [4.69, 9.17) is 0 Å². The molecule has 2 fully saturated rings. The molecule has 2 aliphatic rings. The van der Waals surface area contributed by atoms with E-state index in [0.717, 1.165) is 43.6 Å². The minimum Gasteiger partial charge on any atom is -0.311 e. The number of rotatable bonds is 5. The third-order valence-corrected chi connectivity index (χ3v) is 4.84. The maximum atomic E-state index is 13.2. The zero-order chi connectivity index (χ0) is 14.8. The van der Waals surface area contributed by atoms with Gasteiger partial charge < -0.3 is 5.32 Å². The fraction of sp³-hybridized carbons (Fsp3) is 0.647. The second-order valence-electron chi connectivity index (χ2n) is 6.44. The lowest BCUT2D eigenvalue weighted by molar-refractivity contribution is 0.120. The molecule has 1 saturated carbocycles. The van der Waals surface area contributed by atoms with Gasteiger partial charge in [-0.1, -0.05) is 6.92 Å². The molecule has 116 valence electrons. The van der Waals surface area contributed by atoms with Gasteiger partial charge >= 0.3 is 0 Å². The molecule has 0 aromatic heterocycles. The molecule has 1 aromatic carbocycles. The minimum atomic E-state index is -0.479. The van der Waals surface area contributed by atoms with Crippen molar-refractivity contribution in [3.63, 3.8) is 0 Å². The van der Waals surface area contributed by atoms with Crippen LogP contribution in [0.5, 0.6) is 0 Å². The summed E-state index contributed by atoms with van der Waals surface area (Å²) in [6.45, 7) is 5.20. The molecule has 1 aliphatic heterocycles. The van der Waals surface area contributed by atoms with E-state index in [-0.39, 0.29) is 0 Å². The Morgan fingerprint density at radius 2 is 1.90 bits per heavy atom. The van der Waals surface area contributed by atoms with Crippen molar-refractivity contribution < 1.29 is 8.78 Å². The van der Waals surface area contributed by atoms with E-state index in [1.165, 1.54) is 25.0 Å². The summed E-state index contributed by atoms with van der Waals surface area (Å²) in [5, 5.41) is 3.67. The lowest BCUT2D eigenvalue weighted by Gasteiger charge is -2.40. The average Bonchev–Trinajstić information content (AvgIpc) is 3.28. The van der Waals surface area contributed by atoms with Crippen molar-refractivity contribution in [3.05, 3.63) is 35.4 Å². The molecule has 1 heterocycles. The van der Waals surface area contributed by atoms with Gasteiger partial charge in [-0.25, -0.2) is 8.78 Å². The predicted octanol–water partition coefficient (Wildman–Crippen LogP) is 2.97. The van der Waals surface area contributed by atoms with Gasteiger partial charge in [-0.3, -0.25) is 4.90 Å². The molecule has 2 unspecified atom stereocenters. The van der Waals surface area contributed by atoms with E-state index in [0.29, 0.717) is 18.5 Å². The molecule has 1 N–H and O–H groups in total. The quantitative estimate of drug-likeness (QED) is 0.898. The smallest absolute Gasteiger partial charge is 0.126 e. The molecule has 1 aliphatic carbocycles. The van der Waals surface area contributed by atoms with Crippen molar-refractivity contribution in [2.45, 2.75) is 44.7 Å². The third-order valence-electron chi connectivity index (χ3n) is 4.84. The summed E-state index contributed by atoms with van der Waals surface area (Å²) in [4.78, 5) is 2.50. The fourth-order valence-electron chi connectivity index (χ4n) is 3.40. The first-order chi connectivity index (χ1) is 10.2. The normalized spacial score (nSPS) is 27.0. The Hall–Kier alpha value is -1.00. The summed E-state index contributed by atoms with van der Waals surface area (Å²) < 4.78 is 26.5. The molecule has 0 radical (unpaired) electrons. The van der Waals surface area contributed by atoms with Gasteiger partial charge in [-0.2, -0.15) is 0 Å². The van der Waals surface area contributed by atoms with Crippen molar-refractivity contribution in [2.24, 2.45) is 5.92 Å². The van der Waals surface area contributed by atoms with Gasteiger partial charge in [0.25, 0.3) is 0 Å². The van der Waals surface area contributed by atoms with Crippen LogP contribution in [-0.4, -0.2) is 36.6 Å². The molecule has 3 rings (SSSR count). The van der Waals surface area contributed by atoms with Crippen molar-refractivity contribution in [1.82, 2.24) is 10.2 Å². The summed E-state index contributed by atoms with van der Waals surface area (Å²) in [5.74, 6) is -0.113. The number of hydrogen-bond donors (Lipinski definition) is 1. The molecule has 1 aromatic rings. The first-order valence-electron chi connectivity index (χ1n) is 8.08. The Labute approximate surface area is 125 Å². The monoisotopic (exact) mass is 294 g/mol. The van der Waals surface area contributed by atoms with Crippen LogP contribution >= 0.6 is 0 Å². The van der Waals surface area contributed by atoms with Crippen LogP contribution in [-0.2, 0) is 6.42 Å². The fourth-order valence-corrected chi connectivity index (χ4v) is 3.40. The second-order valence-corrected chi connectivity index (χ2v) is 6.44. The average molecular weight is 294 g/mol. The highest BCUT2D eigenvalue weighted by Gasteiger charge is 2.36. The van der Waals surface area contributed by atoms with E-state index >= 15 is 0 Å². The zero-order valence-electron chi connectivity index (χ0n) is 12.6. The number of nitrogens with zero attached hydrogens (tertiary/aromatic N) is 1. The van der Waals surface area contributed by atoms with Crippen LogP contribution in [0.3, 0.4) is 0 Å². The summed E-state index contributed by atoms with van der Waals surface area (Å²) >= 11 is 0. The minimum absolute atomic E-state index is 0.479. The largest absolute Gasteiger partial charge is 0.311 e. The van der Waals surface area contributed by atoms with Crippen LogP contribution < -0.4 is 5.32 Å². The van der Waals surface area contributed by atoms with Crippen molar-refractivity contribution in [2.75, 3.05) is 19.6 Å². The van der Waals surface area contributed by atoms with Gasteiger partial charge in [0.05, 0.1) is 0 Å². The highest BCUT2D eigenvalue weighted by atomic mass is 19.1. The molecule has 0 spiro atoms. The van der Waals surface area contributed by atoms with Gasteiger partial charge in [0.1, 0.15) is 11.6 Å². The van der Waals surface area contributed by atoms with Crippen LogP contribution in [0.2, 0.25) is 0 Å². The van der Waals surface area contributed by atoms with E-state index in [9.17, 15) is 8.78 Å². The van der Waals surface area contributed by atoms with Crippen molar-refractivity contribution in [1.29, 1.82) is 0 Å². The molecule has 2 atom stereocenters. The lowest BCUT2D eigenvalue weighted by atomic mass is 10.0. The van der Waals surface area contributed by atoms with Crippen LogP contribution in [0.4, 0.5) is 8.78 Å². The molecular formula is C17H24F2N2. The van der Waals surface area contributed by atoms with Crippen LogP contribution in [0.1, 0.15) is 31.7 Å². The van der Waals surface area contributed by atoms with Gasteiger partial charge in [0.15, 0.2) is 0 Å². The number of benzene rings is 1. The van der Waals surface area contributed by atoms with Gasteiger partial charge in [-0.05, 0) is 49.3 Å². The Bertz CT molecular complexity index is 467. The highest BCUT2D eigenvalue weighted by Crippen LogP contribution is 2.34. The Balaban J connectivity index is 1.60. The SMILES string of the molecule is CCC1CNC(C2CC2)CN1CCc1cc(F)cc(F)c1. The van der Waals surface area contributed by atoms with Gasteiger partial charge in [0.2, 0.25) is 0 Å². The number of halogens is 2.